The summed E-state index contributed by atoms with van der Waals surface area (Å²) >= 11 is 0. The van der Waals surface area contributed by atoms with E-state index in [1.54, 1.807) is 12.4 Å². The molecule has 0 radical (unpaired) electrons. The summed E-state index contributed by atoms with van der Waals surface area (Å²) < 4.78 is 59.5. The molecule has 3 aromatic heterocycles. The van der Waals surface area contributed by atoms with Crippen LogP contribution in [0.3, 0.4) is 0 Å². The van der Waals surface area contributed by atoms with E-state index in [0.717, 1.165) is 29.3 Å². The molecule has 0 aliphatic carbocycles. The number of H-pyrrole nitrogens is 2. The van der Waals surface area contributed by atoms with Crippen molar-refractivity contribution in [2.24, 2.45) is 0 Å². The number of fused-ring (bicyclic) bond motifs is 1. The first-order valence-electron chi connectivity index (χ1n) is 13.5. The second-order valence-corrected chi connectivity index (χ2v) is 9.60. The number of nitrogens with one attached hydrogen (secondary N) is 3. The highest BCUT2D eigenvalue weighted by Gasteiger charge is 2.31. The van der Waals surface area contributed by atoms with Crippen molar-refractivity contribution < 1.29 is 31.8 Å². The van der Waals surface area contributed by atoms with Gasteiger partial charge in [0, 0.05) is 25.1 Å². The first-order chi connectivity index (χ1) is 20.9. The molecule has 0 amide bonds. The number of nitriles is 1. The van der Waals surface area contributed by atoms with Crippen molar-refractivity contribution in [1.29, 1.82) is 5.26 Å². The lowest BCUT2D eigenvalue weighted by Gasteiger charge is -2.13. The molecule has 14 heteroatoms. The van der Waals surface area contributed by atoms with Crippen LogP contribution in [0.25, 0.3) is 22.0 Å². The number of hydrogen-bond donors (Lipinski definition) is 3. The Labute approximate surface area is 244 Å². The van der Waals surface area contributed by atoms with Crippen LogP contribution in [-0.2, 0) is 17.7 Å². The lowest BCUT2D eigenvalue weighted by molar-refractivity contribution is -0.274. The van der Waals surface area contributed by atoms with Crippen LogP contribution < -0.4 is 14.8 Å². The Hall–Kier alpha value is -4.87. The zero-order chi connectivity index (χ0) is 30.1. The fourth-order valence-corrected chi connectivity index (χ4v) is 4.54. The van der Waals surface area contributed by atoms with Crippen molar-refractivity contribution in [2.45, 2.75) is 32.2 Å². The van der Waals surface area contributed by atoms with Gasteiger partial charge in [0.05, 0.1) is 36.1 Å². The Kier molecular flexibility index (Phi) is 9.55. The zero-order valence-electron chi connectivity index (χ0n) is 22.9. The van der Waals surface area contributed by atoms with Gasteiger partial charge >= 0.3 is 6.36 Å². The lowest BCUT2D eigenvalue weighted by Crippen LogP contribution is -2.18. The minimum Gasteiger partial charge on any atom is -0.490 e. The van der Waals surface area contributed by atoms with E-state index < -0.39 is 6.36 Å². The van der Waals surface area contributed by atoms with Crippen molar-refractivity contribution in [3.63, 3.8) is 0 Å². The summed E-state index contributed by atoms with van der Waals surface area (Å²) in [5.74, 6) is 0.888. The SMILES string of the molecule is N#Cc1[nH]ncc1-c1cc(OCCOCCCCNCc2cc(Cc3cnco3)cc(OC(F)(F)F)c2)c2cn[nH]c2c1. The molecule has 0 aliphatic rings. The van der Waals surface area contributed by atoms with Crippen molar-refractivity contribution in [1.82, 2.24) is 30.7 Å². The summed E-state index contributed by atoms with van der Waals surface area (Å²) in [6.45, 7) is 2.27. The number of nitrogens with zero attached hydrogens (tertiary/aromatic N) is 4. The molecule has 2 aromatic carbocycles. The van der Waals surface area contributed by atoms with Crippen LogP contribution in [0, 0.1) is 11.3 Å². The second kappa shape index (κ2) is 13.9. The minimum absolute atomic E-state index is 0.273. The van der Waals surface area contributed by atoms with Gasteiger partial charge in [0.15, 0.2) is 6.39 Å². The highest BCUT2D eigenvalue weighted by Crippen LogP contribution is 2.32. The first-order valence-corrected chi connectivity index (χ1v) is 13.5. The van der Waals surface area contributed by atoms with Crippen molar-refractivity contribution in [3.8, 4) is 28.7 Å². The first kappa shape index (κ1) is 29.6. The highest BCUT2D eigenvalue weighted by atomic mass is 19.4. The molecular weight excluding hydrogens is 567 g/mol. The number of oxazole rings is 1. The maximum Gasteiger partial charge on any atom is 0.573 e. The molecule has 0 fully saturated rings. The number of unbranched alkanes of at least 4 members (excludes halogenated alkanes) is 1. The predicted octanol–water partition coefficient (Wildman–Crippen LogP) is 5.27. The summed E-state index contributed by atoms with van der Waals surface area (Å²) in [6.07, 6.45) is 3.20. The lowest BCUT2D eigenvalue weighted by atomic mass is 10.0. The van der Waals surface area contributed by atoms with Gasteiger partial charge < -0.3 is 23.9 Å². The van der Waals surface area contributed by atoms with Gasteiger partial charge in [0.2, 0.25) is 0 Å². The molecule has 11 nitrogen and oxygen atoms in total. The zero-order valence-corrected chi connectivity index (χ0v) is 22.9. The van der Waals surface area contributed by atoms with E-state index in [1.807, 2.05) is 18.2 Å². The third kappa shape index (κ3) is 8.34. The van der Waals surface area contributed by atoms with Crippen LogP contribution >= 0.6 is 0 Å². The standard InChI is InChI=1S/C29H28F3N7O4/c30-29(31,32)43-22-8-19(9-23-15-35-18-42-23)7-20(10-22)14-34-3-1-2-4-40-5-6-41-28-12-21(11-26-25(28)17-37-38-26)24-16-36-39-27(24)13-33/h7-8,10-12,15-18,34H,1-6,9,14H2,(H,36,39)(H,37,38). The number of aromatic nitrogens is 5. The van der Waals surface area contributed by atoms with E-state index in [9.17, 15) is 18.4 Å². The smallest absolute Gasteiger partial charge is 0.490 e. The summed E-state index contributed by atoms with van der Waals surface area (Å²) in [6, 6.07) is 10.4. The van der Waals surface area contributed by atoms with Gasteiger partial charge in [-0.2, -0.15) is 15.5 Å². The highest BCUT2D eigenvalue weighted by molar-refractivity contribution is 5.90. The van der Waals surface area contributed by atoms with Crippen LogP contribution in [0.1, 0.15) is 35.4 Å². The van der Waals surface area contributed by atoms with E-state index in [0.29, 0.717) is 73.2 Å². The Morgan fingerprint density at radius 2 is 1.81 bits per heavy atom. The van der Waals surface area contributed by atoms with Crippen LogP contribution in [-0.4, -0.2) is 58.1 Å². The fraction of sp³-hybridized carbons (Fsp3) is 0.310. The number of hydrogen-bond acceptors (Lipinski definition) is 9. The number of aromatic amines is 2. The Balaban J connectivity index is 1.03. The van der Waals surface area contributed by atoms with Gasteiger partial charge in [-0.15, -0.1) is 13.2 Å². The molecular formula is C29H28F3N7O4. The van der Waals surface area contributed by atoms with E-state index in [4.69, 9.17) is 13.9 Å². The molecule has 3 heterocycles. The van der Waals surface area contributed by atoms with Crippen LogP contribution in [0.5, 0.6) is 11.5 Å². The molecule has 224 valence electrons. The van der Waals surface area contributed by atoms with Gasteiger partial charge in [0.1, 0.15) is 35.6 Å². The molecule has 0 saturated carbocycles. The normalized spacial score (nSPS) is 11.6. The van der Waals surface area contributed by atoms with E-state index >= 15 is 0 Å². The van der Waals surface area contributed by atoms with Gasteiger partial charge in [-0.3, -0.25) is 10.2 Å². The molecule has 3 N–H and O–H groups in total. The number of alkyl halides is 3. The number of rotatable bonds is 15. The summed E-state index contributed by atoms with van der Waals surface area (Å²) in [5, 5.41) is 27.0. The molecule has 5 rings (SSSR count). The summed E-state index contributed by atoms with van der Waals surface area (Å²) in [4.78, 5) is 3.84. The Morgan fingerprint density at radius 3 is 2.63 bits per heavy atom. The largest absolute Gasteiger partial charge is 0.573 e. The monoisotopic (exact) mass is 595 g/mol. The number of halogens is 3. The van der Waals surface area contributed by atoms with Gasteiger partial charge in [-0.1, -0.05) is 6.07 Å². The Bertz CT molecular complexity index is 1660. The maximum atomic E-state index is 12.8. The second-order valence-electron chi connectivity index (χ2n) is 9.60. The predicted molar refractivity (Wildman–Crippen MR) is 148 cm³/mol. The Morgan fingerprint density at radius 1 is 0.953 bits per heavy atom. The third-order valence-corrected chi connectivity index (χ3v) is 6.41. The molecule has 0 atom stereocenters. The third-order valence-electron chi connectivity index (χ3n) is 6.41. The molecule has 0 saturated heterocycles. The molecule has 0 unspecified atom stereocenters. The number of ether oxygens (including phenoxy) is 3. The number of benzene rings is 2. The van der Waals surface area contributed by atoms with Crippen LogP contribution in [0.15, 0.2) is 59.7 Å². The van der Waals surface area contributed by atoms with Crippen molar-refractivity contribution >= 4 is 10.9 Å². The molecule has 43 heavy (non-hydrogen) atoms. The van der Waals surface area contributed by atoms with Crippen LogP contribution in [0.4, 0.5) is 13.2 Å². The maximum absolute atomic E-state index is 12.8. The molecule has 0 spiro atoms. The quantitative estimate of drug-likeness (QED) is 0.138. The van der Waals surface area contributed by atoms with Crippen LogP contribution in [0.2, 0.25) is 0 Å². The van der Waals surface area contributed by atoms with Crippen molar-refractivity contribution in [2.75, 3.05) is 26.4 Å². The molecule has 5 aromatic rings. The van der Waals surface area contributed by atoms with Gasteiger partial charge in [-0.25, -0.2) is 4.98 Å². The fourth-order valence-electron chi connectivity index (χ4n) is 4.54. The topological polar surface area (TPSA) is 147 Å². The average molecular weight is 596 g/mol. The molecule has 0 aliphatic heterocycles. The summed E-state index contributed by atoms with van der Waals surface area (Å²) in [5.41, 5.74) is 3.87. The van der Waals surface area contributed by atoms with Crippen molar-refractivity contribution in [3.05, 3.63) is 77.9 Å². The van der Waals surface area contributed by atoms with E-state index in [-0.39, 0.29) is 5.75 Å². The van der Waals surface area contributed by atoms with Gasteiger partial charge in [-0.05, 0) is 60.3 Å². The summed E-state index contributed by atoms with van der Waals surface area (Å²) in [7, 11) is 0. The minimum atomic E-state index is -4.78. The molecule has 0 bridgehead atoms. The van der Waals surface area contributed by atoms with E-state index in [2.05, 4.69) is 41.5 Å². The van der Waals surface area contributed by atoms with E-state index in [1.165, 1.54) is 24.7 Å². The van der Waals surface area contributed by atoms with Gasteiger partial charge in [0.25, 0.3) is 0 Å². The average Bonchev–Trinajstić information content (AvgIpc) is 3.75.